The van der Waals surface area contributed by atoms with E-state index < -0.39 is 5.97 Å². The Morgan fingerprint density at radius 3 is 2.45 bits per heavy atom. The summed E-state index contributed by atoms with van der Waals surface area (Å²) in [5.41, 5.74) is 9.68. The standard InChI is InChI=1S/C6H9N3O2/c1-2-11-6(10)4(3-7)5(8)9/h2,8-9H2,1H3. The van der Waals surface area contributed by atoms with E-state index in [4.69, 9.17) is 16.7 Å². The molecule has 0 atom stereocenters. The fourth-order valence-corrected chi connectivity index (χ4v) is 0.431. The Labute approximate surface area is 64.2 Å². The summed E-state index contributed by atoms with van der Waals surface area (Å²) in [5.74, 6) is -1.10. The Morgan fingerprint density at radius 2 is 2.18 bits per heavy atom. The Morgan fingerprint density at radius 1 is 1.64 bits per heavy atom. The maximum Gasteiger partial charge on any atom is 0.352 e. The van der Waals surface area contributed by atoms with Crippen LogP contribution in [0, 0.1) is 11.3 Å². The zero-order valence-electron chi connectivity index (χ0n) is 6.13. The molecular weight excluding hydrogens is 146 g/mol. The summed E-state index contributed by atoms with van der Waals surface area (Å²) in [4.78, 5) is 10.8. The highest BCUT2D eigenvalue weighted by molar-refractivity contribution is 5.93. The van der Waals surface area contributed by atoms with Crippen molar-refractivity contribution >= 4 is 5.97 Å². The summed E-state index contributed by atoms with van der Waals surface area (Å²) in [5, 5.41) is 8.32. The van der Waals surface area contributed by atoms with Gasteiger partial charge in [-0.1, -0.05) is 0 Å². The minimum absolute atomic E-state index is 0.192. The highest BCUT2D eigenvalue weighted by Gasteiger charge is 2.11. The molecule has 0 rings (SSSR count). The van der Waals surface area contributed by atoms with Crippen LogP contribution in [0.15, 0.2) is 11.4 Å². The number of nitriles is 1. The van der Waals surface area contributed by atoms with Crippen molar-refractivity contribution in [3.63, 3.8) is 0 Å². The molecule has 0 saturated carbocycles. The van der Waals surface area contributed by atoms with Crippen molar-refractivity contribution in [3.8, 4) is 6.07 Å². The fraction of sp³-hybridized carbons (Fsp3) is 0.333. The van der Waals surface area contributed by atoms with E-state index in [0.717, 1.165) is 0 Å². The quantitative estimate of drug-likeness (QED) is 0.309. The Balaban J connectivity index is 4.45. The van der Waals surface area contributed by atoms with Crippen LogP contribution in [-0.4, -0.2) is 12.6 Å². The van der Waals surface area contributed by atoms with Crippen molar-refractivity contribution in [2.24, 2.45) is 11.5 Å². The third-order valence-corrected chi connectivity index (χ3v) is 0.880. The van der Waals surface area contributed by atoms with Gasteiger partial charge in [-0.15, -0.1) is 0 Å². The van der Waals surface area contributed by atoms with Gasteiger partial charge in [0.05, 0.1) is 6.61 Å². The first-order chi connectivity index (χ1) is 5.13. The van der Waals surface area contributed by atoms with Crippen LogP contribution in [0.4, 0.5) is 0 Å². The summed E-state index contributed by atoms with van der Waals surface area (Å²) in [6.45, 7) is 1.82. The summed E-state index contributed by atoms with van der Waals surface area (Å²) >= 11 is 0. The molecule has 0 aliphatic carbocycles. The summed E-state index contributed by atoms with van der Waals surface area (Å²) in [6.07, 6.45) is 0. The van der Waals surface area contributed by atoms with Gasteiger partial charge in [-0.05, 0) is 6.92 Å². The van der Waals surface area contributed by atoms with Gasteiger partial charge >= 0.3 is 5.97 Å². The molecule has 0 aliphatic heterocycles. The van der Waals surface area contributed by atoms with E-state index in [9.17, 15) is 4.79 Å². The smallest absolute Gasteiger partial charge is 0.352 e. The minimum Gasteiger partial charge on any atom is -0.462 e. The zero-order chi connectivity index (χ0) is 8.85. The molecule has 0 radical (unpaired) electrons. The minimum atomic E-state index is -0.782. The third kappa shape index (κ3) is 2.58. The summed E-state index contributed by atoms with van der Waals surface area (Å²) in [6, 6.07) is 1.54. The number of hydrogen-bond donors (Lipinski definition) is 2. The van der Waals surface area contributed by atoms with Gasteiger partial charge in [-0.3, -0.25) is 0 Å². The van der Waals surface area contributed by atoms with Crippen LogP contribution in [0.25, 0.3) is 0 Å². The first kappa shape index (κ1) is 9.30. The van der Waals surface area contributed by atoms with E-state index in [2.05, 4.69) is 4.74 Å². The van der Waals surface area contributed by atoms with Crippen LogP contribution in [0.2, 0.25) is 0 Å². The van der Waals surface area contributed by atoms with E-state index in [1.807, 2.05) is 0 Å². The molecule has 0 heterocycles. The third-order valence-electron chi connectivity index (χ3n) is 0.880. The number of nitrogens with zero attached hydrogens (tertiary/aromatic N) is 1. The molecule has 5 nitrogen and oxygen atoms in total. The van der Waals surface area contributed by atoms with E-state index >= 15 is 0 Å². The number of hydrogen-bond acceptors (Lipinski definition) is 5. The number of carbonyl (C=O) groups is 1. The van der Waals surface area contributed by atoms with Crippen LogP contribution >= 0.6 is 0 Å². The van der Waals surface area contributed by atoms with Crippen molar-refractivity contribution in [3.05, 3.63) is 11.4 Å². The number of ether oxygens (including phenoxy) is 1. The molecule has 0 amide bonds. The van der Waals surface area contributed by atoms with Gasteiger partial charge in [0, 0.05) is 0 Å². The highest BCUT2D eigenvalue weighted by atomic mass is 16.5. The van der Waals surface area contributed by atoms with Crippen LogP contribution in [-0.2, 0) is 9.53 Å². The van der Waals surface area contributed by atoms with Gasteiger partial charge in [-0.2, -0.15) is 5.26 Å². The molecule has 0 aromatic rings. The Bertz CT molecular complexity index is 222. The summed E-state index contributed by atoms with van der Waals surface area (Å²) < 4.78 is 4.48. The molecule has 0 aromatic heterocycles. The van der Waals surface area contributed by atoms with Gasteiger partial charge in [-0.25, -0.2) is 4.79 Å². The van der Waals surface area contributed by atoms with Crippen molar-refractivity contribution in [1.82, 2.24) is 0 Å². The predicted octanol–water partition coefficient (Wildman–Crippen LogP) is -0.798. The second-order valence-corrected chi connectivity index (χ2v) is 1.66. The molecule has 0 aromatic carbocycles. The van der Waals surface area contributed by atoms with Gasteiger partial charge < -0.3 is 16.2 Å². The van der Waals surface area contributed by atoms with Crippen molar-refractivity contribution in [1.29, 1.82) is 5.26 Å². The molecule has 60 valence electrons. The second kappa shape index (κ2) is 4.17. The highest BCUT2D eigenvalue weighted by Crippen LogP contribution is 1.95. The Hall–Kier alpha value is -1.70. The molecular formula is C6H9N3O2. The van der Waals surface area contributed by atoms with Crippen LogP contribution < -0.4 is 11.5 Å². The van der Waals surface area contributed by atoms with Crippen molar-refractivity contribution in [2.75, 3.05) is 6.61 Å². The molecule has 4 N–H and O–H groups in total. The lowest BCUT2D eigenvalue weighted by molar-refractivity contribution is -0.138. The van der Waals surface area contributed by atoms with E-state index in [1.165, 1.54) is 0 Å². The SMILES string of the molecule is CCOC(=O)C(C#N)=C(N)N. The van der Waals surface area contributed by atoms with Gasteiger partial charge in [0.2, 0.25) is 0 Å². The zero-order valence-corrected chi connectivity index (χ0v) is 6.13. The molecule has 0 spiro atoms. The first-order valence-electron chi connectivity index (χ1n) is 2.95. The molecule has 5 heteroatoms. The fourth-order valence-electron chi connectivity index (χ4n) is 0.431. The normalized spacial score (nSPS) is 8.00. The monoisotopic (exact) mass is 155 g/mol. The van der Waals surface area contributed by atoms with Crippen molar-refractivity contribution in [2.45, 2.75) is 6.92 Å². The van der Waals surface area contributed by atoms with Gasteiger partial charge in [0.25, 0.3) is 0 Å². The van der Waals surface area contributed by atoms with E-state index in [-0.39, 0.29) is 18.0 Å². The van der Waals surface area contributed by atoms with Crippen LogP contribution in [0.5, 0.6) is 0 Å². The largest absolute Gasteiger partial charge is 0.462 e. The molecule has 0 aliphatic rings. The lowest BCUT2D eigenvalue weighted by Crippen LogP contribution is -2.18. The predicted molar refractivity (Wildman–Crippen MR) is 37.6 cm³/mol. The average Bonchev–Trinajstić information content (AvgIpc) is 1.88. The second-order valence-electron chi connectivity index (χ2n) is 1.66. The number of carbonyl (C=O) groups excluding carboxylic acids is 1. The van der Waals surface area contributed by atoms with Gasteiger partial charge in [0.1, 0.15) is 11.9 Å². The van der Waals surface area contributed by atoms with E-state index in [1.54, 1.807) is 13.0 Å². The van der Waals surface area contributed by atoms with Crippen LogP contribution in [0.1, 0.15) is 6.92 Å². The van der Waals surface area contributed by atoms with Gasteiger partial charge in [0.15, 0.2) is 5.57 Å². The lowest BCUT2D eigenvalue weighted by atomic mass is 10.3. The van der Waals surface area contributed by atoms with Crippen molar-refractivity contribution < 1.29 is 9.53 Å². The molecule has 0 saturated heterocycles. The molecule has 0 bridgehead atoms. The average molecular weight is 155 g/mol. The molecule has 0 fully saturated rings. The maximum absolute atomic E-state index is 10.8. The topological polar surface area (TPSA) is 102 Å². The molecule has 11 heavy (non-hydrogen) atoms. The number of esters is 1. The Kier molecular flexibility index (Phi) is 3.52. The first-order valence-corrected chi connectivity index (χ1v) is 2.95. The maximum atomic E-state index is 10.8. The summed E-state index contributed by atoms with van der Waals surface area (Å²) in [7, 11) is 0. The van der Waals surface area contributed by atoms with Crippen LogP contribution in [0.3, 0.4) is 0 Å². The lowest BCUT2D eigenvalue weighted by Gasteiger charge is -1.99. The number of nitrogens with two attached hydrogens (primary N) is 2. The van der Waals surface area contributed by atoms with E-state index in [0.29, 0.717) is 0 Å². The molecule has 0 unspecified atom stereocenters. The number of rotatable bonds is 2.